The zero-order valence-electron chi connectivity index (χ0n) is 6.87. The highest BCUT2D eigenvalue weighted by Crippen LogP contribution is 2.16. The van der Waals surface area contributed by atoms with Gasteiger partial charge >= 0.3 is 0 Å². The average Bonchev–Trinajstić information content (AvgIpc) is 2.06. The van der Waals surface area contributed by atoms with Gasteiger partial charge in [0, 0.05) is 7.11 Å². The second-order valence-corrected chi connectivity index (χ2v) is 2.68. The smallest absolute Gasteiger partial charge is 0.139 e. The van der Waals surface area contributed by atoms with Crippen molar-refractivity contribution in [1.82, 2.24) is 0 Å². The summed E-state index contributed by atoms with van der Waals surface area (Å²) in [6.45, 7) is 1.84. The molecule has 2 heteroatoms. The first-order valence-electron chi connectivity index (χ1n) is 3.56. The molecule has 0 bridgehead atoms. The molecule has 1 unspecified atom stereocenters. The summed E-state index contributed by atoms with van der Waals surface area (Å²) in [5.41, 5.74) is 6.14. The Morgan fingerprint density at radius 1 is 1.27 bits per heavy atom. The van der Waals surface area contributed by atoms with E-state index in [1.54, 1.807) is 7.11 Å². The summed E-state index contributed by atoms with van der Waals surface area (Å²) in [6, 6.07) is 9.74. The van der Waals surface area contributed by atoms with Crippen LogP contribution < -0.4 is 5.73 Å². The molecule has 0 spiro atoms. The normalized spacial score (nSPS) is 15.9. The summed E-state index contributed by atoms with van der Waals surface area (Å²) in [6.07, 6.45) is 0. The Morgan fingerprint density at radius 2 is 1.82 bits per heavy atom. The van der Waals surface area contributed by atoms with E-state index < -0.39 is 5.72 Å². The van der Waals surface area contributed by atoms with E-state index in [9.17, 15) is 0 Å². The summed E-state index contributed by atoms with van der Waals surface area (Å²) in [5.74, 6) is 0. The van der Waals surface area contributed by atoms with Gasteiger partial charge in [-0.15, -0.1) is 0 Å². The minimum atomic E-state index is -0.665. The Balaban J connectivity index is 2.93. The van der Waals surface area contributed by atoms with E-state index in [-0.39, 0.29) is 0 Å². The SMILES string of the molecule is COC(C)(N)c1ccccc1. The van der Waals surface area contributed by atoms with Crippen molar-refractivity contribution in [2.24, 2.45) is 5.73 Å². The molecule has 0 amide bonds. The molecule has 1 aromatic rings. The molecule has 0 aromatic heterocycles. The zero-order chi connectivity index (χ0) is 8.32. The lowest BCUT2D eigenvalue weighted by Gasteiger charge is -2.22. The summed E-state index contributed by atoms with van der Waals surface area (Å²) < 4.78 is 5.10. The van der Waals surface area contributed by atoms with Gasteiger partial charge in [0.25, 0.3) is 0 Å². The number of rotatable bonds is 2. The lowest BCUT2D eigenvalue weighted by molar-refractivity contribution is 0.00769. The molecule has 0 aliphatic heterocycles. The van der Waals surface area contributed by atoms with Crippen LogP contribution in [0.15, 0.2) is 30.3 Å². The Bertz CT molecular complexity index is 218. The van der Waals surface area contributed by atoms with E-state index >= 15 is 0 Å². The monoisotopic (exact) mass is 151 g/mol. The van der Waals surface area contributed by atoms with E-state index in [0.717, 1.165) is 5.56 Å². The summed E-state index contributed by atoms with van der Waals surface area (Å²) in [4.78, 5) is 0. The van der Waals surface area contributed by atoms with Gasteiger partial charge in [-0.05, 0) is 12.5 Å². The highest BCUT2D eigenvalue weighted by molar-refractivity contribution is 5.20. The second-order valence-electron chi connectivity index (χ2n) is 2.68. The molecule has 11 heavy (non-hydrogen) atoms. The van der Waals surface area contributed by atoms with Crippen molar-refractivity contribution in [2.75, 3.05) is 7.11 Å². The second kappa shape index (κ2) is 3.03. The highest BCUT2D eigenvalue weighted by atomic mass is 16.5. The molecule has 0 saturated heterocycles. The molecular formula is C9H13NO. The van der Waals surface area contributed by atoms with Crippen LogP contribution in [0.2, 0.25) is 0 Å². The summed E-state index contributed by atoms with van der Waals surface area (Å²) in [5, 5.41) is 0. The molecule has 1 aromatic carbocycles. The molecule has 0 radical (unpaired) electrons. The van der Waals surface area contributed by atoms with Crippen LogP contribution in [0.3, 0.4) is 0 Å². The van der Waals surface area contributed by atoms with Crippen molar-refractivity contribution < 1.29 is 4.74 Å². The van der Waals surface area contributed by atoms with E-state index in [2.05, 4.69) is 0 Å². The van der Waals surface area contributed by atoms with Gasteiger partial charge in [0.2, 0.25) is 0 Å². The van der Waals surface area contributed by atoms with Gasteiger partial charge in [-0.25, -0.2) is 0 Å². The quantitative estimate of drug-likeness (QED) is 0.649. The van der Waals surface area contributed by atoms with Gasteiger partial charge in [0.1, 0.15) is 5.72 Å². The van der Waals surface area contributed by atoms with E-state index in [1.165, 1.54) is 0 Å². The first-order valence-corrected chi connectivity index (χ1v) is 3.56. The van der Waals surface area contributed by atoms with E-state index in [1.807, 2.05) is 37.3 Å². The molecule has 2 N–H and O–H groups in total. The fraction of sp³-hybridized carbons (Fsp3) is 0.333. The van der Waals surface area contributed by atoms with Gasteiger partial charge in [0.05, 0.1) is 0 Å². The predicted octanol–water partition coefficient (Wildman–Crippen LogP) is 1.46. The van der Waals surface area contributed by atoms with Gasteiger partial charge in [-0.1, -0.05) is 30.3 Å². The molecule has 0 fully saturated rings. The van der Waals surface area contributed by atoms with Crippen LogP contribution in [0.1, 0.15) is 12.5 Å². The largest absolute Gasteiger partial charge is 0.360 e. The Kier molecular flexibility index (Phi) is 2.27. The van der Waals surface area contributed by atoms with Crippen LogP contribution in [0.4, 0.5) is 0 Å². The van der Waals surface area contributed by atoms with Gasteiger partial charge in [0.15, 0.2) is 0 Å². The summed E-state index contributed by atoms with van der Waals surface area (Å²) >= 11 is 0. The van der Waals surface area contributed by atoms with Crippen molar-refractivity contribution in [3.63, 3.8) is 0 Å². The third-order valence-corrected chi connectivity index (χ3v) is 1.77. The topological polar surface area (TPSA) is 35.2 Å². The maximum absolute atomic E-state index is 5.82. The minimum absolute atomic E-state index is 0.665. The van der Waals surface area contributed by atoms with Crippen molar-refractivity contribution in [1.29, 1.82) is 0 Å². The number of methoxy groups -OCH3 is 1. The standard InChI is InChI=1S/C9H13NO/c1-9(10,11-2)8-6-4-3-5-7-8/h3-7H,10H2,1-2H3. The van der Waals surface area contributed by atoms with Crippen LogP contribution in [-0.2, 0) is 10.5 Å². The molecule has 1 atom stereocenters. The molecule has 2 nitrogen and oxygen atoms in total. The Labute approximate surface area is 67.0 Å². The fourth-order valence-corrected chi connectivity index (χ4v) is 0.887. The number of hydrogen-bond donors (Lipinski definition) is 1. The maximum atomic E-state index is 5.82. The molecule has 0 heterocycles. The average molecular weight is 151 g/mol. The third-order valence-electron chi connectivity index (χ3n) is 1.77. The Morgan fingerprint density at radius 3 is 2.27 bits per heavy atom. The van der Waals surface area contributed by atoms with Crippen LogP contribution in [0.5, 0.6) is 0 Å². The van der Waals surface area contributed by atoms with E-state index in [0.29, 0.717) is 0 Å². The predicted molar refractivity (Wildman–Crippen MR) is 45.0 cm³/mol. The lowest BCUT2D eigenvalue weighted by Crippen LogP contribution is -2.34. The molecule has 0 aliphatic carbocycles. The van der Waals surface area contributed by atoms with Crippen LogP contribution in [0, 0.1) is 0 Å². The molecule has 1 rings (SSSR count). The third kappa shape index (κ3) is 1.79. The number of hydrogen-bond acceptors (Lipinski definition) is 2. The minimum Gasteiger partial charge on any atom is -0.360 e. The van der Waals surface area contributed by atoms with Crippen molar-refractivity contribution in [2.45, 2.75) is 12.6 Å². The zero-order valence-corrected chi connectivity index (χ0v) is 6.87. The van der Waals surface area contributed by atoms with Crippen molar-refractivity contribution in [3.8, 4) is 0 Å². The molecule has 0 saturated carbocycles. The van der Waals surface area contributed by atoms with Crippen molar-refractivity contribution in [3.05, 3.63) is 35.9 Å². The highest BCUT2D eigenvalue weighted by Gasteiger charge is 2.18. The summed E-state index contributed by atoms with van der Waals surface area (Å²) in [7, 11) is 1.60. The fourth-order valence-electron chi connectivity index (χ4n) is 0.887. The first-order chi connectivity index (χ1) is 5.17. The van der Waals surface area contributed by atoms with Gasteiger partial charge in [-0.2, -0.15) is 0 Å². The van der Waals surface area contributed by atoms with Gasteiger partial charge in [-0.3, -0.25) is 5.73 Å². The van der Waals surface area contributed by atoms with Crippen molar-refractivity contribution >= 4 is 0 Å². The number of nitrogens with two attached hydrogens (primary N) is 1. The molecule has 0 aliphatic rings. The Hall–Kier alpha value is -0.860. The van der Waals surface area contributed by atoms with Gasteiger partial charge < -0.3 is 4.74 Å². The van der Waals surface area contributed by atoms with E-state index in [4.69, 9.17) is 10.5 Å². The first kappa shape index (κ1) is 8.24. The van der Waals surface area contributed by atoms with Crippen LogP contribution in [0.25, 0.3) is 0 Å². The molecular weight excluding hydrogens is 138 g/mol. The number of benzene rings is 1. The number of ether oxygens (including phenoxy) is 1. The molecule has 60 valence electrons. The van der Waals surface area contributed by atoms with Crippen LogP contribution in [-0.4, -0.2) is 7.11 Å². The lowest BCUT2D eigenvalue weighted by atomic mass is 10.1. The van der Waals surface area contributed by atoms with Crippen LogP contribution >= 0.6 is 0 Å². The maximum Gasteiger partial charge on any atom is 0.139 e.